The van der Waals surface area contributed by atoms with Crippen molar-refractivity contribution in [3.05, 3.63) is 17.9 Å². The summed E-state index contributed by atoms with van der Waals surface area (Å²) in [6, 6.07) is 3.33. The van der Waals surface area contributed by atoms with Crippen LogP contribution in [0.5, 0.6) is 0 Å². The van der Waals surface area contributed by atoms with Gasteiger partial charge in [-0.05, 0) is 50.3 Å². The van der Waals surface area contributed by atoms with Crippen LogP contribution in [0.2, 0.25) is 0 Å². The van der Waals surface area contributed by atoms with Gasteiger partial charge < -0.3 is 9.73 Å². The number of nitrogens with one attached hydrogen (secondary N) is 2. The molecule has 2 bridgehead atoms. The first-order chi connectivity index (χ1) is 9.08. The Morgan fingerprint density at radius 2 is 2.16 bits per heavy atom. The molecular formula is C13H20N2O3S. The Bertz CT molecular complexity index is 552. The molecule has 6 heteroatoms. The monoisotopic (exact) mass is 284 g/mol. The van der Waals surface area contributed by atoms with Crippen LogP contribution in [-0.4, -0.2) is 21.5 Å². The SMILES string of the molecule is CNCc1ccc(S(=O)(=O)NC2CC3CCC2C3)o1. The van der Waals surface area contributed by atoms with Gasteiger partial charge in [-0.15, -0.1) is 0 Å². The summed E-state index contributed by atoms with van der Waals surface area (Å²) >= 11 is 0. The van der Waals surface area contributed by atoms with Gasteiger partial charge in [0.2, 0.25) is 5.09 Å². The highest BCUT2D eigenvalue weighted by atomic mass is 32.2. The number of hydrogen-bond donors (Lipinski definition) is 2. The summed E-state index contributed by atoms with van der Waals surface area (Å²) in [5, 5.41) is 2.96. The number of fused-ring (bicyclic) bond motifs is 2. The van der Waals surface area contributed by atoms with E-state index in [-0.39, 0.29) is 11.1 Å². The van der Waals surface area contributed by atoms with Crippen LogP contribution in [0.15, 0.2) is 21.6 Å². The second-order valence-electron chi connectivity index (χ2n) is 5.65. The normalized spacial score (nSPS) is 30.1. The first-order valence-electron chi connectivity index (χ1n) is 6.84. The van der Waals surface area contributed by atoms with Crippen molar-refractivity contribution in [2.45, 2.75) is 43.4 Å². The highest BCUT2D eigenvalue weighted by molar-refractivity contribution is 7.89. The lowest BCUT2D eigenvalue weighted by Gasteiger charge is -2.21. The highest BCUT2D eigenvalue weighted by Crippen LogP contribution is 2.44. The molecule has 1 heterocycles. The number of rotatable bonds is 5. The second kappa shape index (κ2) is 4.92. The van der Waals surface area contributed by atoms with Crippen molar-refractivity contribution >= 4 is 10.0 Å². The Hall–Kier alpha value is -0.850. The summed E-state index contributed by atoms with van der Waals surface area (Å²) in [6.07, 6.45) is 4.57. The third kappa shape index (κ3) is 2.57. The van der Waals surface area contributed by atoms with Gasteiger partial charge in [0.1, 0.15) is 5.76 Å². The predicted molar refractivity (Wildman–Crippen MR) is 71.0 cm³/mol. The molecule has 3 unspecified atom stereocenters. The topological polar surface area (TPSA) is 71.3 Å². The summed E-state index contributed by atoms with van der Waals surface area (Å²) in [6.45, 7) is 0.531. The molecule has 0 aliphatic heterocycles. The molecule has 19 heavy (non-hydrogen) atoms. The smallest absolute Gasteiger partial charge is 0.274 e. The van der Waals surface area contributed by atoms with E-state index in [2.05, 4.69) is 10.0 Å². The molecular weight excluding hydrogens is 264 g/mol. The average Bonchev–Trinajstić information content (AvgIpc) is 3.03. The van der Waals surface area contributed by atoms with Gasteiger partial charge in [-0.25, -0.2) is 13.1 Å². The Labute approximate surface area is 113 Å². The van der Waals surface area contributed by atoms with E-state index in [9.17, 15) is 8.42 Å². The van der Waals surface area contributed by atoms with E-state index in [1.165, 1.54) is 18.9 Å². The van der Waals surface area contributed by atoms with Crippen LogP contribution >= 0.6 is 0 Å². The van der Waals surface area contributed by atoms with Gasteiger partial charge in [0.25, 0.3) is 10.0 Å². The zero-order valence-corrected chi connectivity index (χ0v) is 11.9. The van der Waals surface area contributed by atoms with Crippen LogP contribution in [0.4, 0.5) is 0 Å². The van der Waals surface area contributed by atoms with Crippen LogP contribution in [0.25, 0.3) is 0 Å². The molecule has 2 aliphatic carbocycles. The van der Waals surface area contributed by atoms with Gasteiger partial charge in [-0.3, -0.25) is 0 Å². The molecule has 2 saturated carbocycles. The molecule has 1 aromatic rings. The van der Waals surface area contributed by atoms with Crippen LogP contribution in [-0.2, 0) is 16.6 Å². The van der Waals surface area contributed by atoms with Crippen molar-refractivity contribution in [1.82, 2.24) is 10.0 Å². The molecule has 0 amide bonds. The van der Waals surface area contributed by atoms with E-state index in [0.29, 0.717) is 24.1 Å². The Morgan fingerprint density at radius 1 is 1.32 bits per heavy atom. The molecule has 5 nitrogen and oxygen atoms in total. The number of sulfonamides is 1. The molecule has 2 aliphatic rings. The minimum absolute atomic E-state index is 0.0283. The third-order valence-electron chi connectivity index (χ3n) is 4.30. The van der Waals surface area contributed by atoms with Gasteiger partial charge in [-0.2, -0.15) is 0 Å². The lowest BCUT2D eigenvalue weighted by atomic mass is 9.96. The molecule has 0 saturated heterocycles. The molecule has 3 rings (SSSR count). The van der Waals surface area contributed by atoms with Crippen molar-refractivity contribution in [2.24, 2.45) is 11.8 Å². The van der Waals surface area contributed by atoms with Crippen LogP contribution in [0.1, 0.15) is 31.4 Å². The zero-order chi connectivity index (χ0) is 13.5. The summed E-state index contributed by atoms with van der Waals surface area (Å²) in [5.41, 5.74) is 0. The van der Waals surface area contributed by atoms with Crippen molar-refractivity contribution < 1.29 is 12.8 Å². The lowest BCUT2D eigenvalue weighted by Crippen LogP contribution is -2.38. The summed E-state index contributed by atoms with van der Waals surface area (Å²) in [5.74, 6) is 1.87. The Balaban J connectivity index is 1.71. The minimum atomic E-state index is -3.51. The van der Waals surface area contributed by atoms with Crippen molar-refractivity contribution in [3.8, 4) is 0 Å². The lowest BCUT2D eigenvalue weighted by molar-refractivity contribution is 0.374. The quantitative estimate of drug-likeness (QED) is 0.859. The maximum atomic E-state index is 12.3. The minimum Gasteiger partial charge on any atom is -0.447 e. The standard InChI is InChI=1S/C13H20N2O3S/c1-14-8-11-4-5-13(18-11)19(16,17)15-12-7-9-2-3-10(12)6-9/h4-5,9-10,12,14-15H,2-3,6-8H2,1H3. The second-order valence-corrected chi connectivity index (χ2v) is 7.30. The van der Waals surface area contributed by atoms with E-state index >= 15 is 0 Å². The average molecular weight is 284 g/mol. The molecule has 0 spiro atoms. The Morgan fingerprint density at radius 3 is 2.79 bits per heavy atom. The van der Waals surface area contributed by atoms with Gasteiger partial charge in [-0.1, -0.05) is 6.42 Å². The van der Waals surface area contributed by atoms with E-state index < -0.39 is 10.0 Å². The van der Waals surface area contributed by atoms with Gasteiger partial charge in [0.05, 0.1) is 6.54 Å². The largest absolute Gasteiger partial charge is 0.447 e. The van der Waals surface area contributed by atoms with Gasteiger partial charge >= 0.3 is 0 Å². The molecule has 2 N–H and O–H groups in total. The first-order valence-corrected chi connectivity index (χ1v) is 8.32. The van der Waals surface area contributed by atoms with Crippen molar-refractivity contribution in [1.29, 1.82) is 0 Å². The van der Waals surface area contributed by atoms with Crippen molar-refractivity contribution in [2.75, 3.05) is 7.05 Å². The summed E-state index contributed by atoms with van der Waals surface area (Å²) < 4.78 is 32.7. The fraction of sp³-hybridized carbons (Fsp3) is 0.692. The van der Waals surface area contributed by atoms with E-state index in [0.717, 1.165) is 12.8 Å². The van der Waals surface area contributed by atoms with Gasteiger partial charge in [0, 0.05) is 6.04 Å². The van der Waals surface area contributed by atoms with E-state index in [1.807, 2.05) is 0 Å². The molecule has 106 valence electrons. The van der Waals surface area contributed by atoms with E-state index in [1.54, 1.807) is 13.1 Å². The molecule has 0 radical (unpaired) electrons. The summed E-state index contributed by atoms with van der Waals surface area (Å²) in [7, 11) is -1.71. The fourth-order valence-electron chi connectivity index (χ4n) is 3.42. The van der Waals surface area contributed by atoms with Crippen LogP contribution < -0.4 is 10.0 Å². The number of hydrogen-bond acceptors (Lipinski definition) is 4. The molecule has 2 fully saturated rings. The van der Waals surface area contributed by atoms with Crippen LogP contribution in [0, 0.1) is 11.8 Å². The highest BCUT2D eigenvalue weighted by Gasteiger charge is 2.41. The predicted octanol–water partition coefficient (Wildman–Crippen LogP) is 1.47. The first kappa shape index (κ1) is 13.1. The van der Waals surface area contributed by atoms with E-state index in [4.69, 9.17) is 4.42 Å². The fourth-order valence-corrected chi connectivity index (χ4v) is 4.69. The van der Waals surface area contributed by atoms with Crippen LogP contribution in [0.3, 0.4) is 0 Å². The third-order valence-corrected chi connectivity index (χ3v) is 5.66. The Kier molecular flexibility index (Phi) is 3.41. The van der Waals surface area contributed by atoms with Gasteiger partial charge in [0.15, 0.2) is 0 Å². The number of furan rings is 1. The zero-order valence-electron chi connectivity index (χ0n) is 11.1. The maximum absolute atomic E-state index is 12.3. The molecule has 1 aromatic heterocycles. The maximum Gasteiger partial charge on any atom is 0.274 e. The molecule has 0 aromatic carbocycles. The van der Waals surface area contributed by atoms with Crippen molar-refractivity contribution in [3.63, 3.8) is 0 Å². The summed E-state index contributed by atoms with van der Waals surface area (Å²) in [4.78, 5) is 0. The molecule has 3 atom stereocenters.